The largest absolute Gasteiger partial charge is 0.449 e. The van der Waals surface area contributed by atoms with Crippen LogP contribution >= 0.6 is 0 Å². The van der Waals surface area contributed by atoms with Gasteiger partial charge >= 0.3 is 0 Å². The lowest BCUT2D eigenvalue weighted by molar-refractivity contribution is 0.202. The molecule has 2 rings (SSSR count). The normalized spacial score (nSPS) is 21.9. The topological polar surface area (TPSA) is 55.3 Å². The predicted molar refractivity (Wildman–Crippen MR) is 67.8 cm³/mol. The molecule has 2 N–H and O–H groups in total. The minimum atomic E-state index is 0.703. The molecule has 1 aromatic rings. The summed E-state index contributed by atoms with van der Waals surface area (Å²) >= 11 is 0. The van der Waals surface area contributed by atoms with Gasteiger partial charge in [0, 0.05) is 13.0 Å². The molecule has 1 aliphatic heterocycles. The van der Waals surface area contributed by atoms with Crippen LogP contribution in [0, 0.1) is 5.92 Å². The van der Waals surface area contributed by atoms with Gasteiger partial charge in [-0.05, 0) is 51.7 Å². The Hall–Kier alpha value is -0.870. The highest BCUT2D eigenvalue weighted by atomic mass is 16.3. The summed E-state index contributed by atoms with van der Waals surface area (Å²) in [5, 5.41) is 0. The first-order valence-electron chi connectivity index (χ1n) is 6.60. The molecule has 1 fully saturated rings. The van der Waals surface area contributed by atoms with Gasteiger partial charge in [0.2, 0.25) is 0 Å². The maximum Gasteiger partial charge on any atom is 0.194 e. The molecule has 0 saturated carbocycles. The molecule has 2 heterocycles. The first-order chi connectivity index (χ1) is 8.28. The van der Waals surface area contributed by atoms with Gasteiger partial charge in [-0.3, -0.25) is 0 Å². The van der Waals surface area contributed by atoms with Crippen LogP contribution in [0.15, 0.2) is 10.7 Å². The smallest absolute Gasteiger partial charge is 0.194 e. The van der Waals surface area contributed by atoms with Crippen LogP contribution in [-0.2, 0) is 12.8 Å². The Kier molecular flexibility index (Phi) is 4.57. The van der Waals surface area contributed by atoms with Crippen molar-refractivity contribution in [2.45, 2.75) is 32.1 Å². The Bertz CT molecular complexity index is 337. The van der Waals surface area contributed by atoms with E-state index in [1.165, 1.54) is 25.9 Å². The highest BCUT2D eigenvalue weighted by Gasteiger charge is 2.19. The van der Waals surface area contributed by atoms with Crippen LogP contribution < -0.4 is 5.73 Å². The Balaban J connectivity index is 1.83. The molecule has 0 radical (unpaired) electrons. The van der Waals surface area contributed by atoms with E-state index >= 15 is 0 Å². The van der Waals surface area contributed by atoms with Gasteiger partial charge in [0.1, 0.15) is 6.26 Å². The number of nitrogens with zero attached hydrogens (tertiary/aromatic N) is 2. The van der Waals surface area contributed by atoms with E-state index in [0.29, 0.717) is 5.92 Å². The monoisotopic (exact) mass is 237 g/mol. The molecule has 1 aromatic heterocycles. The molecule has 0 spiro atoms. The summed E-state index contributed by atoms with van der Waals surface area (Å²) in [5.74, 6) is 1.60. The predicted octanol–water partition coefficient (Wildman–Crippen LogP) is 1.45. The Morgan fingerprint density at radius 3 is 3.24 bits per heavy atom. The number of nitrogens with two attached hydrogens (primary N) is 1. The maximum absolute atomic E-state index is 5.53. The summed E-state index contributed by atoms with van der Waals surface area (Å²) in [5.41, 5.74) is 6.53. The van der Waals surface area contributed by atoms with Crippen molar-refractivity contribution >= 4 is 0 Å². The second kappa shape index (κ2) is 6.17. The second-order valence-corrected chi connectivity index (χ2v) is 5.10. The molecular formula is C13H23N3O. The lowest BCUT2D eigenvalue weighted by Crippen LogP contribution is -2.33. The minimum absolute atomic E-state index is 0.703. The molecular weight excluding hydrogens is 214 g/mol. The molecule has 0 bridgehead atoms. The lowest BCUT2D eigenvalue weighted by atomic mass is 9.95. The summed E-state index contributed by atoms with van der Waals surface area (Å²) in [6, 6.07) is 0. The molecule has 0 aromatic carbocycles. The van der Waals surface area contributed by atoms with Crippen molar-refractivity contribution in [3.05, 3.63) is 17.8 Å². The van der Waals surface area contributed by atoms with Gasteiger partial charge in [-0.1, -0.05) is 0 Å². The number of likely N-dealkylation sites (tertiary alicyclic amines) is 1. The zero-order valence-corrected chi connectivity index (χ0v) is 10.7. The fourth-order valence-corrected chi connectivity index (χ4v) is 2.53. The molecule has 0 amide bonds. The van der Waals surface area contributed by atoms with Gasteiger partial charge in [-0.2, -0.15) is 0 Å². The van der Waals surface area contributed by atoms with E-state index in [9.17, 15) is 0 Å². The highest BCUT2D eigenvalue weighted by molar-refractivity contribution is 4.98. The van der Waals surface area contributed by atoms with E-state index in [4.69, 9.17) is 10.2 Å². The van der Waals surface area contributed by atoms with Crippen LogP contribution in [0.1, 0.15) is 30.8 Å². The first kappa shape index (κ1) is 12.6. The van der Waals surface area contributed by atoms with Crippen molar-refractivity contribution in [2.24, 2.45) is 11.7 Å². The Morgan fingerprint density at radius 2 is 2.47 bits per heavy atom. The standard InChI is InChI=1S/C13H23N3O/c1-16-7-3-4-11(9-16)8-13-15-12(10-17-13)5-2-6-14/h10-11H,2-9,14H2,1H3. The fourth-order valence-electron chi connectivity index (χ4n) is 2.53. The van der Waals surface area contributed by atoms with E-state index in [-0.39, 0.29) is 0 Å². The number of hydrogen-bond acceptors (Lipinski definition) is 4. The fraction of sp³-hybridized carbons (Fsp3) is 0.769. The van der Waals surface area contributed by atoms with Crippen molar-refractivity contribution in [1.82, 2.24) is 9.88 Å². The van der Waals surface area contributed by atoms with E-state index in [1.54, 1.807) is 6.26 Å². The van der Waals surface area contributed by atoms with Crippen molar-refractivity contribution in [3.63, 3.8) is 0 Å². The number of rotatable bonds is 5. The molecule has 1 saturated heterocycles. The van der Waals surface area contributed by atoms with E-state index in [2.05, 4.69) is 16.9 Å². The van der Waals surface area contributed by atoms with Crippen LogP contribution in [0.25, 0.3) is 0 Å². The van der Waals surface area contributed by atoms with Crippen LogP contribution in [0.2, 0.25) is 0 Å². The van der Waals surface area contributed by atoms with Gasteiger partial charge in [0.05, 0.1) is 5.69 Å². The quantitative estimate of drug-likeness (QED) is 0.842. The van der Waals surface area contributed by atoms with Crippen LogP contribution in [0.5, 0.6) is 0 Å². The summed E-state index contributed by atoms with van der Waals surface area (Å²) < 4.78 is 5.53. The van der Waals surface area contributed by atoms with Crippen molar-refractivity contribution < 1.29 is 4.42 Å². The van der Waals surface area contributed by atoms with Crippen LogP contribution in [0.3, 0.4) is 0 Å². The molecule has 96 valence electrons. The van der Waals surface area contributed by atoms with Crippen molar-refractivity contribution in [3.8, 4) is 0 Å². The van der Waals surface area contributed by atoms with Crippen molar-refractivity contribution in [1.29, 1.82) is 0 Å². The summed E-state index contributed by atoms with van der Waals surface area (Å²) in [7, 11) is 2.19. The molecule has 1 unspecified atom stereocenters. The van der Waals surface area contributed by atoms with E-state index < -0.39 is 0 Å². The molecule has 1 atom stereocenters. The van der Waals surface area contributed by atoms with Crippen molar-refractivity contribution in [2.75, 3.05) is 26.7 Å². The maximum atomic E-state index is 5.53. The third-order valence-electron chi connectivity index (χ3n) is 3.42. The third-order valence-corrected chi connectivity index (χ3v) is 3.42. The second-order valence-electron chi connectivity index (χ2n) is 5.10. The van der Waals surface area contributed by atoms with Gasteiger partial charge in [-0.25, -0.2) is 4.98 Å². The molecule has 17 heavy (non-hydrogen) atoms. The molecule has 1 aliphatic rings. The molecule has 0 aliphatic carbocycles. The number of aryl methyl sites for hydroxylation is 1. The zero-order valence-electron chi connectivity index (χ0n) is 10.7. The number of piperidine rings is 1. The average Bonchev–Trinajstić information content (AvgIpc) is 2.74. The average molecular weight is 237 g/mol. The van der Waals surface area contributed by atoms with Crippen LogP contribution in [-0.4, -0.2) is 36.6 Å². The molecule has 4 heteroatoms. The van der Waals surface area contributed by atoms with Gasteiger partial charge < -0.3 is 15.1 Å². The summed E-state index contributed by atoms with van der Waals surface area (Å²) in [4.78, 5) is 6.92. The van der Waals surface area contributed by atoms with Gasteiger partial charge in [0.15, 0.2) is 5.89 Å². The van der Waals surface area contributed by atoms with E-state index in [1.807, 2.05) is 0 Å². The number of hydrogen-bond donors (Lipinski definition) is 1. The molecule has 4 nitrogen and oxygen atoms in total. The number of oxazole rings is 1. The zero-order chi connectivity index (χ0) is 12.1. The summed E-state index contributed by atoms with van der Waals surface area (Å²) in [6.07, 6.45) is 7.28. The van der Waals surface area contributed by atoms with Crippen LogP contribution in [0.4, 0.5) is 0 Å². The Labute approximate surface area is 103 Å². The Morgan fingerprint density at radius 1 is 1.59 bits per heavy atom. The highest BCUT2D eigenvalue weighted by Crippen LogP contribution is 2.19. The SMILES string of the molecule is CN1CCCC(Cc2nc(CCCN)co2)C1. The van der Waals surface area contributed by atoms with Gasteiger partial charge in [-0.15, -0.1) is 0 Å². The third kappa shape index (κ3) is 3.82. The van der Waals surface area contributed by atoms with E-state index in [0.717, 1.165) is 37.4 Å². The first-order valence-corrected chi connectivity index (χ1v) is 6.60. The lowest BCUT2D eigenvalue weighted by Gasteiger charge is -2.28. The van der Waals surface area contributed by atoms with Gasteiger partial charge in [0.25, 0.3) is 0 Å². The minimum Gasteiger partial charge on any atom is -0.449 e. The summed E-state index contributed by atoms with van der Waals surface area (Å²) in [6.45, 7) is 3.11. The number of aromatic nitrogens is 1.